The van der Waals surface area contributed by atoms with Crippen LogP contribution in [0.3, 0.4) is 0 Å². The predicted molar refractivity (Wildman–Crippen MR) is 81.4 cm³/mol. The van der Waals surface area contributed by atoms with E-state index in [0.717, 1.165) is 10.6 Å². The number of aryl methyl sites for hydroxylation is 1. The van der Waals surface area contributed by atoms with Gasteiger partial charge in [0.25, 0.3) is 5.91 Å². The molecule has 0 aromatic carbocycles. The van der Waals surface area contributed by atoms with Crippen molar-refractivity contribution in [2.75, 3.05) is 19.4 Å². The minimum Gasteiger partial charge on any atom is -0.372 e. The van der Waals surface area contributed by atoms with Crippen molar-refractivity contribution in [2.24, 2.45) is 0 Å². The van der Waals surface area contributed by atoms with Gasteiger partial charge in [-0.3, -0.25) is 4.79 Å². The highest BCUT2D eigenvalue weighted by atomic mass is 35.5. The lowest BCUT2D eigenvalue weighted by atomic mass is 10.2. The van der Waals surface area contributed by atoms with Gasteiger partial charge in [0.05, 0.1) is 28.3 Å². The summed E-state index contributed by atoms with van der Waals surface area (Å²) in [6.07, 6.45) is 1.52. The Morgan fingerprint density at radius 2 is 2.25 bits per heavy atom. The molecule has 0 aliphatic carbocycles. The van der Waals surface area contributed by atoms with Gasteiger partial charge in [-0.05, 0) is 13.0 Å². The number of rotatable bonds is 4. The first kappa shape index (κ1) is 14.7. The highest BCUT2D eigenvalue weighted by molar-refractivity contribution is 7.09. The molecule has 2 aromatic heterocycles. The molecule has 106 valence electrons. The molecule has 0 fully saturated rings. The van der Waals surface area contributed by atoms with Crippen LogP contribution in [0, 0.1) is 6.92 Å². The molecule has 0 saturated carbocycles. The molecular formula is C13H15ClN4OS. The lowest BCUT2D eigenvalue weighted by Gasteiger charge is -2.17. The van der Waals surface area contributed by atoms with E-state index in [1.54, 1.807) is 41.9 Å². The summed E-state index contributed by atoms with van der Waals surface area (Å²) in [4.78, 5) is 23.3. The van der Waals surface area contributed by atoms with E-state index in [-0.39, 0.29) is 5.91 Å². The summed E-state index contributed by atoms with van der Waals surface area (Å²) < 4.78 is 0. The summed E-state index contributed by atoms with van der Waals surface area (Å²) in [5.74, 6) is 0.444. The molecule has 2 rings (SSSR count). The Labute approximate surface area is 126 Å². The van der Waals surface area contributed by atoms with E-state index in [2.05, 4.69) is 15.3 Å². The number of halogens is 1. The van der Waals surface area contributed by atoms with Crippen molar-refractivity contribution in [1.29, 1.82) is 0 Å². The number of anilines is 1. The van der Waals surface area contributed by atoms with Crippen LogP contribution >= 0.6 is 22.9 Å². The summed E-state index contributed by atoms with van der Waals surface area (Å²) in [6.45, 7) is 2.46. The Kier molecular flexibility index (Phi) is 4.57. The van der Waals surface area contributed by atoms with Crippen molar-refractivity contribution in [3.8, 4) is 0 Å². The van der Waals surface area contributed by atoms with Gasteiger partial charge in [0.1, 0.15) is 5.82 Å². The minimum atomic E-state index is -0.116. The molecule has 2 heterocycles. The van der Waals surface area contributed by atoms with Gasteiger partial charge in [0.2, 0.25) is 0 Å². The third kappa shape index (κ3) is 3.08. The first-order chi connectivity index (χ1) is 9.52. The van der Waals surface area contributed by atoms with Crippen LogP contribution in [-0.2, 0) is 6.54 Å². The quantitative estimate of drug-likeness (QED) is 0.943. The molecule has 0 spiro atoms. The van der Waals surface area contributed by atoms with Gasteiger partial charge >= 0.3 is 0 Å². The van der Waals surface area contributed by atoms with E-state index < -0.39 is 0 Å². The van der Waals surface area contributed by atoms with E-state index in [9.17, 15) is 4.79 Å². The Hall–Kier alpha value is -1.66. The van der Waals surface area contributed by atoms with Crippen molar-refractivity contribution >= 4 is 34.7 Å². The molecule has 0 aliphatic heterocycles. The third-order valence-corrected chi connectivity index (χ3v) is 4.11. The molecule has 0 unspecified atom stereocenters. The summed E-state index contributed by atoms with van der Waals surface area (Å²) in [5.41, 5.74) is 3.21. The van der Waals surface area contributed by atoms with Crippen LogP contribution in [0.25, 0.3) is 0 Å². The van der Waals surface area contributed by atoms with E-state index in [1.165, 1.54) is 6.20 Å². The number of hydrogen-bond donors (Lipinski definition) is 1. The Morgan fingerprint density at radius 1 is 1.50 bits per heavy atom. The fraction of sp³-hybridized carbons (Fsp3) is 0.308. The van der Waals surface area contributed by atoms with Crippen molar-refractivity contribution in [1.82, 2.24) is 14.9 Å². The number of thiazole rings is 1. The van der Waals surface area contributed by atoms with Crippen molar-refractivity contribution < 1.29 is 4.79 Å². The second-order valence-electron chi connectivity index (χ2n) is 4.33. The average Bonchev–Trinajstić information content (AvgIpc) is 2.83. The van der Waals surface area contributed by atoms with Crippen LogP contribution < -0.4 is 5.32 Å². The number of carbonyl (C=O) groups is 1. The van der Waals surface area contributed by atoms with Gasteiger partial charge < -0.3 is 10.2 Å². The maximum Gasteiger partial charge on any atom is 0.255 e. The maximum atomic E-state index is 12.3. The smallest absolute Gasteiger partial charge is 0.255 e. The van der Waals surface area contributed by atoms with Crippen molar-refractivity contribution in [3.63, 3.8) is 0 Å². The number of aromatic nitrogens is 2. The fourth-order valence-corrected chi connectivity index (χ4v) is 2.81. The lowest BCUT2D eigenvalue weighted by molar-refractivity contribution is 0.0786. The van der Waals surface area contributed by atoms with Crippen LogP contribution in [-0.4, -0.2) is 34.9 Å². The highest BCUT2D eigenvalue weighted by Crippen LogP contribution is 2.21. The predicted octanol–water partition coefficient (Wildman–Crippen LogP) is 2.81. The fourth-order valence-electron chi connectivity index (χ4n) is 1.72. The van der Waals surface area contributed by atoms with Gasteiger partial charge in [-0.1, -0.05) is 11.6 Å². The van der Waals surface area contributed by atoms with Crippen LogP contribution in [0.4, 0.5) is 5.82 Å². The maximum absolute atomic E-state index is 12.3. The molecule has 0 aliphatic rings. The standard InChI is InChI=1S/C13H15ClN4OS/c1-8-11(20-7-17-8)6-18(3)13(19)9-4-10(14)12(15-2)16-5-9/h4-5,7H,6H2,1-3H3,(H,15,16). The molecule has 2 aromatic rings. The number of amides is 1. The van der Waals surface area contributed by atoms with Crippen molar-refractivity contribution in [3.05, 3.63) is 38.9 Å². The molecule has 0 radical (unpaired) electrons. The van der Waals surface area contributed by atoms with Crippen LogP contribution in [0.5, 0.6) is 0 Å². The summed E-state index contributed by atoms with van der Waals surface area (Å²) in [5, 5.41) is 3.29. The second kappa shape index (κ2) is 6.19. The summed E-state index contributed by atoms with van der Waals surface area (Å²) in [7, 11) is 3.48. The van der Waals surface area contributed by atoms with Gasteiger partial charge in [-0.25, -0.2) is 9.97 Å². The zero-order chi connectivity index (χ0) is 14.7. The Balaban J connectivity index is 2.14. The normalized spacial score (nSPS) is 10.4. The van der Waals surface area contributed by atoms with Gasteiger partial charge in [0, 0.05) is 25.2 Å². The topological polar surface area (TPSA) is 58.1 Å². The molecule has 7 heteroatoms. The molecule has 5 nitrogen and oxygen atoms in total. The first-order valence-corrected chi connectivity index (χ1v) is 7.26. The SMILES string of the molecule is CNc1ncc(C(=O)N(C)Cc2scnc2C)cc1Cl. The van der Waals surface area contributed by atoms with Crippen molar-refractivity contribution in [2.45, 2.75) is 13.5 Å². The monoisotopic (exact) mass is 310 g/mol. The zero-order valence-electron chi connectivity index (χ0n) is 11.5. The van der Waals surface area contributed by atoms with Gasteiger partial charge in [-0.15, -0.1) is 11.3 Å². The van der Waals surface area contributed by atoms with Crippen LogP contribution in [0.2, 0.25) is 5.02 Å². The van der Waals surface area contributed by atoms with Crippen LogP contribution in [0.15, 0.2) is 17.8 Å². The number of carbonyl (C=O) groups excluding carboxylic acids is 1. The second-order valence-corrected chi connectivity index (χ2v) is 5.67. The van der Waals surface area contributed by atoms with Gasteiger partial charge in [0.15, 0.2) is 0 Å². The largest absolute Gasteiger partial charge is 0.372 e. The highest BCUT2D eigenvalue weighted by Gasteiger charge is 2.15. The zero-order valence-corrected chi connectivity index (χ0v) is 13.0. The molecule has 20 heavy (non-hydrogen) atoms. The van der Waals surface area contributed by atoms with E-state index in [4.69, 9.17) is 11.6 Å². The molecule has 0 saturated heterocycles. The van der Waals surface area contributed by atoms with E-state index in [1.807, 2.05) is 6.92 Å². The van der Waals surface area contributed by atoms with Gasteiger partial charge in [-0.2, -0.15) is 0 Å². The minimum absolute atomic E-state index is 0.116. The Bertz CT molecular complexity index is 629. The molecule has 1 N–H and O–H groups in total. The third-order valence-electron chi connectivity index (χ3n) is 2.90. The first-order valence-electron chi connectivity index (χ1n) is 6.00. The average molecular weight is 311 g/mol. The number of nitrogens with zero attached hydrogens (tertiary/aromatic N) is 3. The number of pyridine rings is 1. The molecule has 0 bridgehead atoms. The van der Waals surface area contributed by atoms with E-state index >= 15 is 0 Å². The molecule has 1 amide bonds. The number of nitrogens with one attached hydrogen (secondary N) is 1. The summed E-state index contributed by atoms with van der Waals surface area (Å²) >= 11 is 7.59. The Morgan fingerprint density at radius 3 is 2.80 bits per heavy atom. The summed E-state index contributed by atoms with van der Waals surface area (Å²) in [6, 6.07) is 1.62. The lowest BCUT2D eigenvalue weighted by Crippen LogP contribution is -2.26. The van der Waals surface area contributed by atoms with Crippen LogP contribution in [0.1, 0.15) is 20.9 Å². The molecule has 0 atom stereocenters. The van der Waals surface area contributed by atoms with E-state index in [0.29, 0.717) is 22.9 Å². The number of hydrogen-bond acceptors (Lipinski definition) is 5. The molecular weight excluding hydrogens is 296 g/mol.